The fourth-order valence-corrected chi connectivity index (χ4v) is 2.32. The first-order chi connectivity index (χ1) is 8.31. The predicted octanol–water partition coefficient (Wildman–Crippen LogP) is 1.69. The van der Waals surface area contributed by atoms with Crippen LogP contribution in [0.4, 0.5) is 0 Å². The summed E-state index contributed by atoms with van der Waals surface area (Å²) in [7, 11) is 0. The van der Waals surface area contributed by atoms with Gasteiger partial charge in [0.05, 0.1) is 24.8 Å². The zero-order valence-corrected chi connectivity index (χ0v) is 11.4. The van der Waals surface area contributed by atoms with Crippen molar-refractivity contribution in [1.29, 1.82) is 0 Å². The summed E-state index contributed by atoms with van der Waals surface area (Å²) in [5, 5.41) is 4.05. The van der Waals surface area contributed by atoms with E-state index in [4.69, 9.17) is 4.74 Å². The molecule has 5 heteroatoms. The molecule has 0 aliphatic carbocycles. The van der Waals surface area contributed by atoms with Gasteiger partial charge in [-0.3, -0.25) is 0 Å². The van der Waals surface area contributed by atoms with Gasteiger partial charge in [-0.1, -0.05) is 6.92 Å². The number of hydrogen-bond donors (Lipinski definition) is 1. The molecule has 0 saturated carbocycles. The summed E-state index contributed by atoms with van der Waals surface area (Å²) in [5.74, 6) is 0. The van der Waals surface area contributed by atoms with Crippen LogP contribution in [0.5, 0.6) is 0 Å². The third-order valence-electron chi connectivity index (χ3n) is 3.18. The summed E-state index contributed by atoms with van der Waals surface area (Å²) in [4.78, 5) is 4.25. The SMILES string of the molecule is CSC(C)CCn1cncc1C1CNCCO1. The molecule has 1 saturated heterocycles. The molecular weight excluding hydrogens is 234 g/mol. The lowest BCUT2D eigenvalue weighted by molar-refractivity contribution is 0.0227. The minimum atomic E-state index is 0.163. The molecule has 96 valence electrons. The van der Waals surface area contributed by atoms with Crippen molar-refractivity contribution >= 4 is 11.8 Å². The molecule has 2 heterocycles. The molecule has 0 spiro atoms. The van der Waals surface area contributed by atoms with Crippen LogP contribution in [-0.2, 0) is 11.3 Å². The molecule has 0 radical (unpaired) electrons. The van der Waals surface area contributed by atoms with Crippen molar-refractivity contribution in [2.45, 2.75) is 31.2 Å². The number of thioether (sulfide) groups is 1. The molecule has 1 aromatic rings. The van der Waals surface area contributed by atoms with Gasteiger partial charge in [0.1, 0.15) is 6.10 Å². The first-order valence-electron chi connectivity index (χ1n) is 6.16. The third kappa shape index (κ3) is 3.47. The van der Waals surface area contributed by atoms with Crippen molar-refractivity contribution in [1.82, 2.24) is 14.9 Å². The summed E-state index contributed by atoms with van der Waals surface area (Å²) >= 11 is 1.91. The van der Waals surface area contributed by atoms with Crippen LogP contribution in [0.25, 0.3) is 0 Å². The maximum absolute atomic E-state index is 5.77. The van der Waals surface area contributed by atoms with Crippen molar-refractivity contribution in [2.24, 2.45) is 0 Å². The molecule has 1 fully saturated rings. The average molecular weight is 255 g/mol. The molecule has 1 aliphatic rings. The molecule has 1 aromatic heterocycles. The van der Waals surface area contributed by atoms with Crippen LogP contribution in [0.3, 0.4) is 0 Å². The molecule has 0 bridgehead atoms. The number of hydrogen-bond acceptors (Lipinski definition) is 4. The molecule has 2 atom stereocenters. The molecule has 2 unspecified atom stereocenters. The molecule has 0 amide bonds. The number of rotatable bonds is 5. The van der Waals surface area contributed by atoms with Crippen LogP contribution >= 0.6 is 11.8 Å². The smallest absolute Gasteiger partial charge is 0.111 e. The fraction of sp³-hybridized carbons (Fsp3) is 0.750. The van der Waals surface area contributed by atoms with E-state index in [1.54, 1.807) is 0 Å². The van der Waals surface area contributed by atoms with E-state index in [0.29, 0.717) is 5.25 Å². The second-order valence-electron chi connectivity index (χ2n) is 4.41. The van der Waals surface area contributed by atoms with Gasteiger partial charge in [-0.2, -0.15) is 11.8 Å². The number of aryl methyl sites for hydroxylation is 1. The lowest BCUT2D eigenvalue weighted by atomic mass is 10.2. The van der Waals surface area contributed by atoms with Gasteiger partial charge in [-0.05, 0) is 12.7 Å². The van der Waals surface area contributed by atoms with Gasteiger partial charge in [0, 0.05) is 24.9 Å². The molecule has 1 aliphatic heterocycles. The Balaban J connectivity index is 1.95. The van der Waals surface area contributed by atoms with E-state index in [1.165, 1.54) is 12.1 Å². The van der Waals surface area contributed by atoms with E-state index >= 15 is 0 Å². The second-order valence-corrected chi connectivity index (χ2v) is 5.69. The molecule has 4 nitrogen and oxygen atoms in total. The van der Waals surface area contributed by atoms with E-state index in [1.807, 2.05) is 24.3 Å². The van der Waals surface area contributed by atoms with E-state index < -0.39 is 0 Å². The first kappa shape index (κ1) is 12.9. The van der Waals surface area contributed by atoms with Crippen LogP contribution in [0.15, 0.2) is 12.5 Å². The highest BCUT2D eigenvalue weighted by molar-refractivity contribution is 7.99. The number of ether oxygens (including phenoxy) is 1. The molecule has 17 heavy (non-hydrogen) atoms. The third-order valence-corrected chi connectivity index (χ3v) is 4.22. The zero-order valence-electron chi connectivity index (χ0n) is 10.6. The van der Waals surface area contributed by atoms with Crippen LogP contribution in [-0.4, -0.2) is 40.8 Å². The quantitative estimate of drug-likeness (QED) is 0.869. The Morgan fingerprint density at radius 1 is 1.71 bits per heavy atom. The summed E-state index contributed by atoms with van der Waals surface area (Å²) in [6.45, 7) is 5.92. The van der Waals surface area contributed by atoms with Gasteiger partial charge in [-0.15, -0.1) is 0 Å². The molecule has 2 rings (SSSR count). The van der Waals surface area contributed by atoms with Crippen LogP contribution in [0, 0.1) is 0 Å². The van der Waals surface area contributed by atoms with Crippen molar-refractivity contribution in [3.05, 3.63) is 18.2 Å². The number of nitrogens with one attached hydrogen (secondary N) is 1. The van der Waals surface area contributed by atoms with Gasteiger partial charge in [-0.25, -0.2) is 4.98 Å². The number of nitrogens with zero attached hydrogens (tertiary/aromatic N) is 2. The van der Waals surface area contributed by atoms with E-state index in [0.717, 1.165) is 26.2 Å². The lowest BCUT2D eigenvalue weighted by Gasteiger charge is -2.24. The van der Waals surface area contributed by atoms with Gasteiger partial charge >= 0.3 is 0 Å². The normalized spacial score (nSPS) is 22.6. The van der Waals surface area contributed by atoms with Crippen molar-refractivity contribution in [3.8, 4) is 0 Å². The maximum Gasteiger partial charge on any atom is 0.111 e. The maximum atomic E-state index is 5.77. The minimum Gasteiger partial charge on any atom is -0.369 e. The van der Waals surface area contributed by atoms with Gasteiger partial charge in [0.25, 0.3) is 0 Å². The molecule has 0 aromatic carbocycles. The largest absolute Gasteiger partial charge is 0.369 e. The Morgan fingerprint density at radius 3 is 3.29 bits per heavy atom. The summed E-state index contributed by atoms with van der Waals surface area (Å²) in [6.07, 6.45) is 7.34. The monoisotopic (exact) mass is 255 g/mol. The number of morpholine rings is 1. The zero-order chi connectivity index (χ0) is 12.1. The van der Waals surface area contributed by atoms with E-state index in [9.17, 15) is 0 Å². The number of imidazole rings is 1. The van der Waals surface area contributed by atoms with Crippen molar-refractivity contribution < 1.29 is 4.74 Å². The first-order valence-corrected chi connectivity index (χ1v) is 7.45. The molecule has 1 N–H and O–H groups in total. The Morgan fingerprint density at radius 2 is 2.59 bits per heavy atom. The average Bonchev–Trinajstić information content (AvgIpc) is 2.85. The highest BCUT2D eigenvalue weighted by atomic mass is 32.2. The van der Waals surface area contributed by atoms with Crippen LogP contribution in [0.2, 0.25) is 0 Å². The van der Waals surface area contributed by atoms with Crippen molar-refractivity contribution in [3.63, 3.8) is 0 Å². The molecular formula is C12H21N3OS. The Hall–Kier alpha value is -0.520. The van der Waals surface area contributed by atoms with Gasteiger partial charge in [0.2, 0.25) is 0 Å². The number of aromatic nitrogens is 2. The Kier molecular flexibility index (Phi) is 4.88. The van der Waals surface area contributed by atoms with Crippen molar-refractivity contribution in [2.75, 3.05) is 26.0 Å². The Labute approximate surface area is 107 Å². The topological polar surface area (TPSA) is 39.1 Å². The summed E-state index contributed by atoms with van der Waals surface area (Å²) in [5.41, 5.74) is 1.20. The standard InChI is InChI=1S/C12H21N3OS/c1-10(17-2)3-5-15-9-14-7-11(15)12-8-13-4-6-16-12/h7,9-10,12-13H,3-6,8H2,1-2H3. The fourth-order valence-electron chi connectivity index (χ4n) is 1.98. The second kappa shape index (κ2) is 6.42. The summed E-state index contributed by atoms with van der Waals surface area (Å²) in [6, 6.07) is 0. The van der Waals surface area contributed by atoms with Gasteiger partial charge in [0.15, 0.2) is 0 Å². The van der Waals surface area contributed by atoms with E-state index in [2.05, 4.69) is 28.0 Å². The van der Waals surface area contributed by atoms with E-state index in [-0.39, 0.29) is 6.10 Å². The Bertz CT molecular complexity index is 336. The van der Waals surface area contributed by atoms with Gasteiger partial charge < -0.3 is 14.6 Å². The van der Waals surface area contributed by atoms with Crippen LogP contribution < -0.4 is 5.32 Å². The predicted molar refractivity (Wildman–Crippen MR) is 71.4 cm³/mol. The highest BCUT2D eigenvalue weighted by Gasteiger charge is 2.19. The summed E-state index contributed by atoms with van der Waals surface area (Å²) < 4.78 is 7.99. The lowest BCUT2D eigenvalue weighted by Crippen LogP contribution is -2.34. The van der Waals surface area contributed by atoms with Crippen LogP contribution in [0.1, 0.15) is 25.1 Å². The highest BCUT2D eigenvalue weighted by Crippen LogP contribution is 2.19. The minimum absolute atomic E-state index is 0.163.